The molecule has 1 heterocycles. The van der Waals surface area contributed by atoms with Gasteiger partial charge in [0.05, 0.1) is 0 Å². The van der Waals surface area contributed by atoms with E-state index in [9.17, 15) is 9.59 Å². The number of hydrogen-bond acceptors (Lipinski definition) is 3. The Morgan fingerprint density at radius 3 is 2.55 bits per heavy atom. The van der Waals surface area contributed by atoms with Crippen LogP contribution < -0.4 is 16.6 Å². The number of rotatable bonds is 6. The Labute approximate surface area is 142 Å². The molecule has 6 heteroatoms. The number of aryl methyl sites for hydroxylation is 2. The van der Waals surface area contributed by atoms with Crippen molar-refractivity contribution >= 4 is 34.1 Å². The summed E-state index contributed by atoms with van der Waals surface area (Å²) in [6.45, 7) is 4.52. The van der Waals surface area contributed by atoms with Crippen LogP contribution in [0.1, 0.15) is 24.0 Å². The fraction of sp³-hybridized carbons (Fsp3) is 0.375. The van der Waals surface area contributed by atoms with Crippen LogP contribution in [-0.4, -0.2) is 14.0 Å². The molecule has 22 heavy (non-hydrogen) atoms. The van der Waals surface area contributed by atoms with Crippen molar-refractivity contribution < 1.29 is 0 Å². The predicted octanol–water partition coefficient (Wildman–Crippen LogP) is 3.11. The molecule has 0 atom stereocenters. The number of nitrogens with one attached hydrogen (secondary N) is 2. The second-order valence-electron chi connectivity index (χ2n) is 5.30. The third-order valence-electron chi connectivity index (χ3n) is 3.57. The average molecular weight is 413 g/mol. The van der Waals surface area contributed by atoms with Gasteiger partial charge >= 0.3 is 5.69 Å². The highest BCUT2D eigenvalue weighted by Gasteiger charge is 2.05. The van der Waals surface area contributed by atoms with E-state index in [4.69, 9.17) is 0 Å². The maximum Gasteiger partial charge on any atom is 0.329 e. The number of halogens is 1. The Hall–Kier alpha value is -1.57. The molecule has 0 aliphatic carbocycles. The van der Waals surface area contributed by atoms with E-state index in [1.807, 2.05) is 32.0 Å². The summed E-state index contributed by atoms with van der Waals surface area (Å²) in [5.74, 6) is 0.420. The first-order valence-electron chi connectivity index (χ1n) is 7.25. The number of benzene rings is 1. The Bertz CT molecular complexity index is 733. The van der Waals surface area contributed by atoms with Gasteiger partial charge in [-0.1, -0.05) is 28.7 Å². The molecule has 0 amide bonds. The van der Waals surface area contributed by atoms with Gasteiger partial charge in [0.2, 0.25) is 0 Å². The molecule has 0 aliphatic heterocycles. The first-order valence-corrected chi connectivity index (χ1v) is 8.78. The SMILES string of the molecule is Cc1ccc(Nc2cc(=O)n(CCCCI)c(=O)[nH]2)cc1C. The molecule has 1 aromatic heterocycles. The molecule has 2 N–H and O–H groups in total. The van der Waals surface area contributed by atoms with E-state index in [-0.39, 0.29) is 11.2 Å². The Morgan fingerprint density at radius 1 is 1.14 bits per heavy atom. The van der Waals surface area contributed by atoms with Crippen molar-refractivity contribution in [1.29, 1.82) is 0 Å². The van der Waals surface area contributed by atoms with Crippen molar-refractivity contribution in [3.05, 3.63) is 56.2 Å². The number of nitrogens with zero attached hydrogens (tertiary/aromatic N) is 1. The van der Waals surface area contributed by atoms with Crippen LogP contribution in [-0.2, 0) is 6.54 Å². The van der Waals surface area contributed by atoms with Crippen molar-refractivity contribution in [2.75, 3.05) is 9.74 Å². The van der Waals surface area contributed by atoms with E-state index in [1.54, 1.807) is 0 Å². The number of alkyl halides is 1. The number of anilines is 2. The molecule has 0 saturated carbocycles. The quantitative estimate of drug-likeness (QED) is 0.435. The zero-order valence-electron chi connectivity index (χ0n) is 12.8. The largest absolute Gasteiger partial charge is 0.342 e. The molecule has 2 aromatic rings. The predicted molar refractivity (Wildman–Crippen MR) is 98.6 cm³/mol. The Balaban J connectivity index is 2.21. The zero-order valence-corrected chi connectivity index (χ0v) is 14.9. The van der Waals surface area contributed by atoms with Crippen LogP contribution in [0.5, 0.6) is 0 Å². The standard InChI is InChI=1S/C16H20IN3O2/c1-11-5-6-13(9-12(11)2)18-14-10-15(21)20(16(22)19-14)8-4-3-7-17/h5-6,9-10,18H,3-4,7-8H2,1-2H3,(H,19,22). The van der Waals surface area contributed by atoms with Gasteiger partial charge in [-0.3, -0.25) is 14.3 Å². The van der Waals surface area contributed by atoms with E-state index in [2.05, 4.69) is 32.9 Å². The first-order chi connectivity index (χ1) is 10.5. The van der Waals surface area contributed by atoms with Gasteiger partial charge in [0.15, 0.2) is 0 Å². The molecular weight excluding hydrogens is 393 g/mol. The van der Waals surface area contributed by atoms with Crippen LogP contribution in [0.25, 0.3) is 0 Å². The van der Waals surface area contributed by atoms with E-state index >= 15 is 0 Å². The highest BCUT2D eigenvalue weighted by molar-refractivity contribution is 14.1. The Morgan fingerprint density at radius 2 is 1.91 bits per heavy atom. The highest BCUT2D eigenvalue weighted by Crippen LogP contribution is 2.16. The fourth-order valence-corrected chi connectivity index (χ4v) is 2.68. The molecule has 5 nitrogen and oxygen atoms in total. The average Bonchev–Trinajstić information content (AvgIpc) is 2.46. The topological polar surface area (TPSA) is 66.9 Å². The van der Waals surface area contributed by atoms with Crippen molar-refractivity contribution in [3.8, 4) is 0 Å². The minimum atomic E-state index is -0.368. The van der Waals surface area contributed by atoms with Gasteiger partial charge in [-0.15, -0.1) is 0 Å². The summed E-state index contributed by atoms with van der Waals surface area (Å²) in [6, 6.07) is 7.34. The normalized spacial score (nSPS) is 10.7. The van der Waals surface area contributed by atoms with Gasteiger partial charge in [-0.2, -0.15) is 0 Å². The number of aromatic nitrogens is 2. The lowest BCUT2D eigenvalue weighted by atomic mass is 10.1. The summed E-state index contributed by atoms with van der Waals surface area (Å²) >= 11 is 2.29. The fourth-order valence-electron chi connectivity index (χ4n) is 2.14. The van der Waals surface area contributed by atoms with Crippen LogP contribution >= 0.6 is 22.6 Å². The molecule has 1 aromatic carbocycles. The van der Waals surface area contributed by atoms with Crippen molar-refractivity contribution in [2.24, 2.45) is 0 Å². The van der Waals surface area contributed by atoms with Crippen LogP contribution in [0.3, 0.4) is 0 Å². The van der Waals surface area contributed by atoms with Crippen molar-refractivity contribution in [2.45, 2.75) is 33.2 Å². The smallest absolute Gasteiger partial charge is 0.329 e. The second-order valence-corrected chi connectivity index (χ2v) is 6.38. The molecule has 0 fully saturated rings. The lowest BCUT2D eigenvalue weighted by Gasteiger charge is -2.10. The van der Waals surface area contributed by atoms with Gasteiger partial charge in [-0.25, -0.2) is 4.79 Å². The molecule has 118 valence electrons. The van der Waals surface area contributed by atoms with Gasteiger partial charge in [0.1, 0.15) is 5.82 Å². The summed E-state index contributed by atoms with van der Waals surface area (Å²) in [5, 5.41) is 3.08. The maximum atomic E-state index is 12.1. The molecule has 0 aliphatic rings. The minimum Gasteiger partial charge on any atom is -0.342 e. The molecule has 0 spiro atoms. The molecule has 0 saturated heterocycles. The Kier molecular flexibility index (Phi) is 5.82. The van der Waals surface area contributed by atoms with Crippen LogP contribution in [0.2, 0.25) is 0 Å². The second kappa shape index (κ2) is 7.62. The summed E-state index contributed by atoms with van der Waals surface area (Å²) in [4.78, 5) is 26.8. The third kappa shape index (κ3) is 4.22. The van der Waals surface area contributed by atoms with Crippen LogP contribution in [0.15, 0.2) is 33.9 Å². The van der Waals surface area contributed by atoms with Crippen molar-refractivity contribution in [1.82, 2.24) is 9.55 Å². The van der Waals surface area contributed by atoms with Gasteiger partial charge in [0.25, 0.3) is 5.56 Å². The summed E-state index contributed by atoms with van der Waals surface area (Å²) in [6.07, 6.45) is 1.82. The molecule has 2 rings (SSSR count). The van der Waals surface area contributed by atoms with Crippen molar-refractivity contribution in [3.63, 3.8) is 0 Å². The van der Waals surface area contributed by atoms with Crippen LogP contribution in [0, 0.1) is 13.8 Å². The number of hydrogen-bond donors (Lipinski definition) is 2. The maximum absolute atomic E-state index is 12.1. The molecule has 0 bridgehead atoms. The van der Waals surface area contributed by atoms with Gasteiger partial charge in [0, 0.05) is 18.3 Å². The first kappa shape index (κ1) is 16.8. The molecule has 0 radical (unpaired) electrons. The molecular formula is C16H20IN3O2. The lowest BCUT2D eigenvalue weighted by molar-refractivity contribution is 0.588. The third-order valence-corrected chi connectivity index (χ3v) is 4.33. The van der Waals surface area contributed by atoms with Gasteiger partial charge < -0.3 is 5.32 Å². The monoisotopic (exact) mass is 413 g/mol. The highest BCUT2D eigenvalue weighted by atomic mass is 127. The molecule has 0 unspecified atom stereocenters. The number of unbranched alkanes of at least 4 members (excludes halogenated alkanes) is 1. The number of aromatic amines is 1. The summed E-state index contributed by atoms with van der Waals surface area (Å²) < 4.78 is 2.27. The zero-order chi connectivity index (χ0) is 16.1. The van der Waals surface area contributed by atoms with E-state index in [0.29, 0.717) is 12.4 Å². The van der Waals surface area contributed by atoms with E-state index in [0.717, 1.165) is 28.5 Å². The van der Waals surface area contributed by atoms with E-state index < -0.39 is 0 Å². The lowest BCUT2D eigenvalue weighted by Crippen LogP contribution is -2.35. The van der Waals surface area contributed by atoms with E-state index in [1.165, 1.54) is 16.2 Å². The summed E-state index contributed by atoms with van der Waals surface area (Å²) in [5.41, 5.74) is 2.56. The number of H-pyrrole nitrogens is 1. The minimum absolute atomic E-state index is 0.274. The summed E-state index contributed by atoms with van der Waals surface area (Å²) in [7, 11) is 0. The van der Waals surface area contributed by atoms with Gasteiger partial charge in [-0.05, 0) is 54.4 Å². The van der Waals surface area contributed by atoms with Crippen LogP contribution in [0.4, 0.5) is 11.5 Å².